The smallest absolute Gasteiger partial charge is 0.308 e. The summed E-state index contributed by atoms with van der Waals surface area (Å²) < 4.78 is 29.0. The number of carbonyl (C=O) groups excluding carboxylic acids is 1. The number of nitrogens with zero attached hydrogens (tertiary/aromatic N) is 7. The molecule has 0 bridgehead atoms. The minimum atomic E-state index is -1.66. The van der Waals surface area contributed by atoms with Crippen LogP contribution >= 0.6 is 0 Å². The number of hydrogen-bond acceptors (Lipinski definition) is 9. The Morgan fingerprint density at radius 2 is 2.03 bits per heavy atom. The van der Waals surface area contributed by atoms with Gasteiger partial charge in [0.25, 0.3) is 5.91 Å². The van der Waals surface area contributed by atoms with E-state index in [4.69, 9.17) is 0 Å². The molecule has 11 nitrogen and oxygen atoms in total. The molecule has 0 spiro atoms. The van der Waals surface area contributed by atoms with E-state index in [2.05, 4.69) is 35.7 Å². The maximum atomic E-state index is 14.3. The number of aliphatic hydroxyl groups is 1. The molecule has 1 aliphatic rings. The maximum Gasteiger partial charge on any atom is 0.308 e. The van der Waals surface area contributed by atoms with Gasteiger partial charge in [0.2, 0.25) is 0 Å². The van der Waals surface area contributed by atoms with Crippen LogP contribution in [-0.4, -0.2) is 78.0 Å². The normalized spacial score (nSPS) is 16.6. The van der Waals surface area contributed by atoms with Crippen molar-refractivity contribution in [2.75, 3.05) is 29.9 Å². The van der Waals surface area contributed by atoms with Crippen molar-refractivity contribution in [3.8, 4) is 11.3 Å². The van der Waals surface area contributed by atoms with E-state index >= 15 is 0 Å². The first-order chi connectivity index (χ1) is 18.2. The number of anilines is 2. The fourth-order valence-corrected chi connectivity index (χ4v) is 4.20. The molecule has 0 radical (unpaired) electrons. The number of carbonyl (C=O) groups is 1. The Bertz CT molecular complexity index is 1420. The summed E-state index contributed by atoms with van der Waals surface area (Å²) in [6.45, 7) is 3.51. The van der Waals surface area contributed by atoms with Crippen molar-refractivity contribution in [2.24, 2.45) is 0 Å². The largest absolute Gasteiger partial charge is 0.387 e. The second-order valence-electron chi connectivity index (χ2n) is 9.68. The molecule has 0 aliphatic carbocycles. The van der Waals surface area contributed by atoms with E-state index in [-0.39, 0.29) is 18.2 Å². The minimum Gasteiger partial charge on any atom is -0.387 e. The Morgan fingerprint density at radius 1 is 1.24 bits per heavy atom. The van der Waals surface area contributed by atoms with Crippen molar-refractivity contribution in [3.05, 3.63) is 60.8 Å². The highest BCUT2D eigenvalue weighted by Crippen LogP contribution is 2.26. The van der Waals surface area contributed by atoms with Gasteiger partial charge < -0.3 is 20.6 Å². The zero-order valence-corrected chi connectivity index (χ0v) is 20.8. The fourth-order valence-electron chi connectivity index (χ4n) is 4.20. The number of hydrogen-bond donors (Lipinski definition) is 3. The zero-order chi connectivity index (χ0) is 26.9. The average Bonchev–Trinajstić information content (AvgIpc) is 3.55. The summed E-state index contributed by atoms with van der Waals surface area (Å²) in [6, 6.07) is 5.35. The Labute approximate surface area is 217 Å². The van der Waals surface area contributed by atoms with E-state index in [1.54, 1.807) is 29.0 Å². The molecule has 5 heterocycles. The predicted molar refractivity (Wildman–Crippen MR) is 136 cm³/mol. The van der Waals surface area contributed by atoms with Crippen LogP contribution in [0.4, 0.5) is 20.3 Å². The third-order valence-corrected chi connectivity index (χ3v) is 6.39. The lowest BCUT2D eigenvalue weighted by Crippen LogP contribution is -2.42. The Balaban J connectivity index is 1.45. The summed E-state index contributed by atoms with van der Waals surface area (Å²) in [4.78, 5) is 31.0. The topological polar surface area (TPSA) is 133 Å². The van der Waals surface area contributed by atoms with E-state index < -0.39 is 23.8 Å². The molecule has 5 rings (SSSR count). The van der Waals surface area contributed by atoms with Gasteiger partial charge in [-0.25, -0.2) is 19.3 Å². The highest BCUT2D eigenvalue weighted by molar-refractivity contribution is 5.99. The first-order valence-corrected chi connectivity index (χ1v) is 12.1. The van der Waals surface area contributed by atoms with Crippen molar-refractivity contribution in [2.45, 2.75) is 38.1 Å². The first kappa shape index (κ1) is 25.4. The van der Waals surface area contributed by atoms with Crippen LogP contribution in [-0.2, 0) is 0 Å². The summed E-state index contributed by atoms with van der Waals surface area (Å²) in [5, 5.41) is 20.5. The fraction of sp³-hybridized carbons (Fsp3) is 0.360. The molecule has 4 aromatic heterocycles. The number of amides is 1. The van der Waals surface area contributed by atoms with Gasteiger partial charge in [-0.2, -0.15) is 14.0 Å². The Morgan fingerprint density at radius 3 is 2.74 bits per heavy atom. The average molecular weight is 524 g/mol. The molecule has 198 valence electrons. The van der Waals surface area contributed by atoms with E-state index in [9.17, 15) is 18.7 Å². The SMILES string of the molecule is CC(C)(O)C(F)CNC(=O)c1cnc2cc(-c3cccnc3)nn2c1NC1CCN(c2cnc(F)nc2)C1. The van der Waals surface area contributed by atoms with E-state index in [1.807, 2.05) is 11.0 Å². The monoisotopic (exact) mass is 523 g/mol. The van der Waals surface area contributed by atoms with E-state index in [0.717, 1.165) is 5.56 Å². The number of rotatable bonds is 8. The summed E-state index contributed by atoms with van der Waals surface area (Å²) in [5.74, 6) is -0.169. The molecule has 1 amide bonds. The van der Waals surface area contributed by atoms with Crippen LogP contribution in [0.1, 0.15) is 30.6 Å². The Hall–Kier alpha value is -4.26. The van der Waals surface area contributed by atoms with E-state index in [1.165, 1.54) is 32.4 Å². The van der Waals surface area contributed by atoms with Crippen LogP contribution in [0.15, 0.2) is 49.2 Å². The number of alkyl halides is 1. The number of fused-ring (bicyclic) bond motifs is 1. The van der Waals surface area contributed by atoms with Gasteiger partial charge in [0.05, 0.1) is 35.9 Å². The third-order valence-electron chi connectivity index (χ3n) is 6.39. The van der Waals surface area contributed by atoms with Crippen molar-refractivity contribution in [1.29, 1.82) is 0 Å². The highest BCUT2D eigenvalue weighted by Gasteiger charge is 2.29. The second-order valence-corrected chi connectivity index (χ2v) is 9.68. The van der Waals surface area contributed by atoms with E-state index in [0.29, 0.717) is 42.4 Å². The van der Waals surface area contributed by atoms with Gasteiger partial charge in [-0.05, 0) is 32.4 Å². The van der Waals surface area contributed by atoms with Crippen LogP contribution in [0.3, 0.4) is 0 Å². The van der Waals surface area contributed by atoms with Crippen LogP contribution < -0.4 is 15.5 Å². The van der Waals surface area contributed by atoms with Crippen molar-refractivity contribution < 1.29 is 18.7 Å². The van der Waals surface area contributed by atoms with Gasteiger partial charge in [-0.3, -0.25) is 9.78 Å². The van der Waals surface area contributed by atoms with Crippen LogP contribution in [0, 0.1) is 6.08 Å². The summed E-state index contributed by atoms with van der Waals surface area (Å²) in [5.41, 5.74) is 1.16. The first-order valence-electron chi connectivity index (χ1n) is 12.1. The van der Waals surface area contributed by atoms with Crippen LogP contribution in [0.2, 0.25) is 0 Å². The van der Waals surface area contributed by atoms with Crippen molar-refractivity contribution in [1.82, 2.24) is 34.9 Å². The van der Waals surface area contributed by atoms with Gasteiger partial charge in [0.1, 0.15) is 17.6 Å². The molecule has 1 saturated heterocycles. The maximum absolute atomic E-state index is 14.3. The molecular formula is C25H27F2N9O2. The number of nitrogens with one attached hydrogen (secondary N) is 2. The summed E-state index contributed by atoms with van der Waals surface area (Å²) in [7, 11) is 0. The molecule has 2 unspecified atom stereocenters. The number of aromatic nitrogens is 6. The Kier molecular flexibility index (Phi) is 6.85. The van der Waals surface area contributed by atoms with Gasteiger partial charge >= 0.3 is 6.08 Å². The van der Waals surface area contributed by atoms with Crippen molar-refractivity contribution in [3.63, 3.8) is 0 Å². The quantitative estimate of drug-likeness (QED) is 0.297. The van der Waals surface area contributed by atoms with Crippen LogP contribution in [0.25, 0.3) is 16.9 Å². The summed E-state index contributed by atoms with van der Waals surface area (Å²) >= 11 is 0. The lowest BCUT2D eigenvalue weighted by atomic mass is 10.0. The summed E-state index contributed by atoms with van der Waals surface area (Å²) in [6.07, 6.45) is 5.87. The number of halogens is 2. The molecule has 3 N–H and O–H groups in total. The molecule has 13 heteroatoms. The molecule has 1 fully saturated rings. The van der Waals surface area contributed by atoms with Gasteiger partial charge in [-0.1, -0.05) is 0 Å². The lowest BCUT2D eigenvalue weighted by molar-refractivity contribution is -0.00177. The molecular weight excluding hydrogens is 496 g/mol. The molecule has 4 aromatic rings. The van der Waals surface area contributed by atoms with Gasteiger partial charge in [0.15, 0.2) is 5.65 Å². The molecule has 2 atom stereocenters. The van der Waals surface area contributed by atoms with Gasteiger partial charge in [0, 0.05) is 49.4 Å². The number of pyridine rings is 1. The molecule has 1 aliphatic heterocycles. The highest BCUT2D eigenvalue weighted by atomic mass is 19.1. The van der Waals surface area contributed by atoms with Crippen molar-refractivity contribution >= 4 is 23.1 Å². The third kappa shape index (κ3) is 5.37. The predicted octanol–water partition coefficient (Wildman–Crippen LogP) is 2.25. The van der Waals surface area contributed by atoms with Crippen LogP contribution in [0.5, 0.6) is 0 Å². The zero-order valence-electron chi connectivity index (χ0n) is 20.8. The second kappa shape index (κ2) is 10.2. The molecule has 0 aromatic carbocycles. The lowest BCUT2D eigenvalue weighted by Gasteiger charge is -2.23. The minimum absolute atomic E-state index is 0.103. The molecule has 0 saturated carbocycles. The molecule has 38 heavy (non-hydrogen) atoms. The standard InChI is InChI=1S/C25H27F2N9O2/c1-25(2,38)20(26)13-30-23(37)18-12-29-21-8-19(15-4-3-6-28-9-15)34-36(21)22(18)33-16-5-7-35(14-16)17-10-31-24(27)32-11-17/h3-4,6,8-12,16,20,33,38H,5,7,13-14H2,1-2H3,(H,30,37). The van der Waals surface area contributed by atoms with Gasteiger partial charge in [-0.15, -0.1) is 0 Å².